The molecule has 140 valence electrons. The first-order chi connectivity index (χ1) is 13.1. The van der Waals surface area contributed by atoms with E-state index < -0.39 is 18.4 Å². The molecule has 0 aliphatic carbocycles. The summed E-state index contributed by atoms with van der Waals surface area (Å²) in [7, 11) is 0. The zero-order chi connectivity index (χ0) is 19.2. The van der Waals surface area contributed by atoms with E-state index in [1.54, 1.807) is 18.2 Å². The fraction of sp³-hybridized carbons (Fsp3) is 0.300. The smallest absolute Gasteiger partial charge is 0.407 e. The van der Waals surface area contributed by atoms with E-state index in [1.807, 2.05) is 36.4 Å². The Hall–Kier alpha value is -3.27. The summed E-state index contributed by atoms with van der Waals surface area (Å²) < 4.78 is 25.7. The van der Waals surface area contributed by atoms with Crippen LogP contribution in [-0.2, 0) is 6.61 Å². The molecule has 0 spiro atoms. The molecule has 0 saturated carbocycles. The van der Waals surface area contributed by atoms with Crippen molar-refractivity contribution in [2.45, 2.75) is 25.3 Å². The maximum Gasteiger partial charge on any atom is 0.407 e. The van der Waals surface area contributed by atoms with Gasteiger partial charge in [-0.25, -0.2) is 9.18 Å². The van der Waals surface area contributed by atoms with Crippen molar-refractivity contribution in [3.8, 4) is 17.6 Å². The molecular formula is C20H19FN2O4. The molecule has 1 amide bonds. The molecule has 0 radical (unpaired) electrons. The minimum Gasteiger partial charge on any atom is -0.489 e. The largest absolute Gasteiger partial charge is 0.489 e. The Morgan fingerprint density at radius 3 is 2.74 bits per heavy atom. The summed E-state index contributed by atoms with van der Waals surface area (Å²) in [5.41, 5.74) is 1.27. The lowest BCUT2D eigenvalue weighted by molar-refractivity contribution is 0.0246. The van der Waals surface area contributed by atoms with Gasteiger partial charge in [-0.1, -0.05) is 30.3 Å². The molecule has 2 aromatic carbocycles. The fourth-order valence-electron chi connectivity index (χ4n) is 2.88. The van der Waals surface area contributed by atoms with Gasteiger partial charge < -0.3 is 19.5 Å². The van der Waals surface area contributed by atoms with Crippen LogP contribution in [0.2, 0.25) is 0 Å². The Kier molecular flexibility index (Phi) is 5.77. The summed E-state index contributed by atoms with van der Waals surface area (Å²) in [6, 6.07) is 16.4. The third kappa shape index (κ3) is 4.67. The molecule has 1 aliphatic rings. The number of nitriles is 1. The second-order valence-corrected chi connectivity index (χ2v) is 6.23. The van der Waals surface area contributed by atoms with Crippen LogP contribution in [0.15, 0.2) is 48.5 Å². The fourth-order valence-corrected chi connectivity index (χ4v) is 2.88. The van der Waals surface area contributed by atoms with Gasteiger partial charge in [-0.15, -0.1) is 0 Å². The first-order valence-corrected chi connectivity index (χ1v) is 8.56. The molecule has 2 atom stereocenters. The van der Waals surface area contributed by atoms with E-state index in [2.05, 4.69) is 0 Å². The third-order valence-electron chi connectivity index (χ3n) is 4.35. The number of benzene rings is 2. The highest BCUT2D eigenvalue weighted by molar-refractivity contribution is 5.65. The van der Waals surface area contributed by atoms with Gasteiger partial charge in [0.25, 0.3) is 0 Å². The van der Waals surface area contributed by atoms with Crippen LogP contribution in [0.4, 0.5) is 9.18 Å². The van der Waals surface area contributed by atoms with Gasteiger partial charge in [0.15, 0.2) is 6.17 Å². The molecule has 27 heavy (non-hydrogen) atoms. The van der Waals surface area contributed by atoms with E-state index in [0.29, 0.717) is 12.4 Å². The Morgan fingerprint density at radius 2 is 2.07 bits per heavy atom. The molecule has 0 aromatic heterocycles. The number of nitrogens with zero attached hydrogens (tertiary/aromatic N) is 2. The van der Waals surface area contributed by atoms with Gasteiger partial charge in [-0.3, -0.25) is 0 Å². The molecule has 3 rings (SSSR count). The number of rotatable bonds is 5. The van der Waals surface area contributed by atoms with Crippen molar-refractivity contribution in [2.24, 2.45) is 0 Å². The number of ether oxygens (including phenoxy) is 2. The van der Waals surface area contributed by atoms with Gasteiger partial charge in [0.05, 0.1) is 12.1 Å². The number of amides is 1. The maximum absolute atomic E-state index is 14.3. The van der Waals surface area contributed by atoms with Gasteiger partial charge in [0.1, 0.15) is 30.3 Å². The van der Waals surface area contributed by atoms with Crippen molar-refractivity contribution in [1.82, 2.24) is 4.90 Å². The predicted molar refractivity (Wildman–Crippen MR) is 95.5 cm³/mol. The number of carbonyl (C=O) groups is 1. The number of alkyl halides is 1. The highest BCUT2D eigenvalue weighted by Gasteiger charge is 2.33. The lowest BCUT2D eigenvalue weighted by Crippen LogP contribution is -2.48. The normalized spacial score (nSPS) is 19.2. The van der Waals surface area contributed by atoms with Crippen molar-refractivity contribution in [3.05, 3.63) is 59.7 Å². The van der Waals surface area contributed by atoms with Crippen molar-refractivity contribution in [2.75, 3.05) is 13.1 Å². The maximum atomic E-state index is 14.3. The lowest BCUT2D eigenvalue weighted by Gasteiger charge is -2.33. The standard InChI is InChI=1S/C20H19FN2O4/c21-17-12-23(20(24)25)9-8-18(17)27-19-10-16(7-6-15(19)11-22)26-13-14-4-2-1-3-5-14/h1-7,10,17-18H,8-9,12-13H2,(H,24,25)/t17-,18+/m1/s1. The quantitative estimate of drug-likeness (QED) is 0.869. The van der Waals surface area contributed by atoms with Crippen molar-refractivity contribution >= 4 is 6.09 Å². The van der Waals surface area contributed by atoms with Crippen LogP contribution in [0.5, 0.6) is 11.5 Å². The zero-order valence-corrected chi connectivity index (χ0v) is 14.5. The van der Waals surface area contributed by atoms with Crippen LogP contribution < -0.4 is 9.47 Å². The summed E-state index contributed by atoms with van der Waals surface area (Å²) >= 11 is 0. The minimum atomic E-state index is -1.46. The summed E-state index contributed by atoms with van der Waals surface area (Å²) in [5, 5.41) is 18.2. The topological polar surface area (TPSA) is 82.8 Å². The van der Waals surface area contributed by atoms with Gasteiger partial charge >= 0.3 is 6.09 Å². The first kappa shape index (κ1) is 18.5. The zero-order valence-electron chi connectivity index (χ0n) is 14.5. The van der Waals surface area contributed by atoms with E-state index in [4.69, 9.17) is 14.6 Å². The molecule has 1 aliphatic heterocycles. The summed E-state index contributed by atoms with van der Waals surface area (Å²) in [6.07, 6.45) is -3.20. The SMILES string of the molecule is N#Cc1ccc(OCc2ccccc2)cc1O[C@H]1CCN(C(=O)O)C[C@H]1F. The lowest BCUT2D eigenvalue weighted by atomic mass is 10.1. The third-order valence-corrected chi connectivity index (χ3v) is 4.35. The van der Waals surface area contributed by atoms with Crippen LogP contribution in [-0.4, -0.2) is 41.5 Å². The highest BCUT2D eigenvalue weighted by atomic mass is 19.1. The van der Waals surface area contributed by atoms with Crippen LogP contribution in [0.25, 0.3) is 0 Å². The van der Waals surface area contributed by atoms with Crippen LogP contribution in [0, 0.1) is 11.3 Å². The number of piperidine rings is 1. The van der Waals surface area contributed by atoms with E-state index in [1.165, 1.54) is 0 Å². The predicted octanol–water partition coefficient (Wildman–Crippen LogP) is 3.61. The molecule has 0 unspecified atom stereocenters. The Morgan fingerprint density at radius 1 is 1.30 bits per heavy atom. The second kappa shape index (κ2) is 8.41. The molecule has 0 bridgehead atoms. The number of halogens is 1. The molecule has 2 aromatic rings. The van der Waals surface area contributed by atoms with Gasteiger partial charge in [0, 0.05) is 19.0 Å². The Labute approximate surface area is 156 Å². The highest BCUT2D eigenvalue weighted by Crippen LogP contribution is 2.29. The van der Waals surface area contributed by atoms with Crippen molar-refractivity contribution in [3.63, 3.8) is 0 Å². The molecular weight excluding hydrogens is 351 g/mol. The number of hydrogen-bond acceptors (Lipinski definition) is 4. The summed E-state index contributed by atoms with van der Waals surface area (Å²) in [6.45, 7) is 0.299. The van der Waals surface area contributed by atoms with E-state index in [0.717, 1.165) is 10.5 Å². The first-order valence-electron chi connectivity index (χ1n) is 8.56. The molecule has 1 N–H and O–H groups in total. The van der Waals surface area contributed by atoms with E-state index in [-0.39, 0.29) is 30.8 Å². The molecule has 7 heteroatoms. The molecule has 1 saturated heterocycles. The van der Waals surface area contributed by atoms with Crippen molar-refractivity contribution < 1.29 is 23.8 Å². The second-order valence-electron chi connectivity index (χ2n) is 6.23. The van der Waals surface area contributed by atoms with E-state index >= 15 is 0 Å². The van der Waals surface area contributed by atoms with Crippen LogP contribution in [0.3, 0.4) is 0 Å². The molecule has 6 nitrogen and oxygen atoms in total. The average molecular weight is 370 g/mol. The number of likely N-dealkylation sites (tertiary alicyclic amines) is 1. The molecule has 1 heterocycles. The Balaban J connectivity index is 1.69. The number of hydrogen-bond donors (Lipinski definition) is 1. The summed E-state index contributed by atoms with van der Waals surface area (Å²) in [4.78, 5) is 12.0. The van der Waals surface area contributed by atoms with Crippen molar-refractivity contribution in [1.29, 1.82) is 5.26 Å². The Bertz CT molecular complexity index is 838. The van der Waals surface area contributed by atoms with Crippen LogP contribution >= 0.6 is 0 Å². The monoisotopic (exact) mass is 370 g/mol. The average Bonchev–Trinajstić information content (AvgIpc) is 2.68. The van der Waals surface area contributed by atoms with E-state index in [9.17, 15) is 14.4 Å². The minimum absolute atomic E-state index is 0.187. The summed E-state index contributed by atoms with van der Waals surface area (Å²) in [5.74, 6) is 0.741. The number of carboxylic acid groups (broad SMARTS) is 1. The van der Waals surface area contributed by atoms with Crippen LogP contribution in [0.1, 0.15) is 17.5 Å². The van der Waals surface area contributed by atoms with Gasteiger partial charge in [-0.05, 0) is 17.7 Å². The van der Waals surface area contributed by atoms with Gasteiger partial charge in [-0.2, -0.15) is 5.26 Å². The molecule has 1 fully saturated rings. The van der Waals surface area contributed by atoms with Gasteiger partial charge in [0.2, 0.25) is 0 Å².